The van der Waals surface area contributed by atoms with Crippen LogP contribution < -0.4 is 5.32 Å². The number of hydrogen-bond donors (Lipinski definition) is 1. The van der Waals surface area contributed by atoms with Gasteiger partial charge in [-0.15, -0.1) is 5.10 Å². The molecule has 3 aromatic rings. The lowest BCUT2D eigenvalue weighted by molar-refractivity contribution is 0.613. The van der Waals surface area contributed by atoms with Gasteiger partial charge in [0.2, 0.25) is 0 Å². The van der Waals surface area contributed by atoms with E-state index in [9.17, 15) is 0 Å². The molecule has 0 saturated heterocycles. The molecular formula is C11H9Cl2N5O. The van der Waals surface area contributed by atoms with E-state index in [2.05, 4.69) is 20.6 Å². The number of fused-ring (bicyclic) bond motifs is 1. The van der Waals surface area contributed by atoms with Crippen LogP contribution in [0.5, 0.6) is 0 Å². The molecule has 1 aromatic carbocycles. The number of halogens is 2. The van der Waals surface area contributed by atoms with Gasteiger partial charge in [0.1, 0.15) is 11.2 Å². The Kier molecular flexibility index (Phi) is 3.04. The Balaban J connectivity index is 1.83. The summed E-state index contributed by atoms with van der Waals surface area (Å²) < 4.78 is 7.14. The molecule has 0 bridgehead atoms. The van der Waals surface area contributed by atoms with Gasteiger partial charge >= 0.3 is 0 Å². The highest BCUT2D eigenvalue weighted by molar-refractivity contribution is 6.38. The van der Waals surface area contributed by atoms with Gasteiger partial charge in [-0.2, -0.15) is 4.98 Å². The summed E-state index contributed by atoms with van der Waals surface area (Å²) >= 11 is 11.9. The predicted octanol–water partition coefficient (Wildman–Crippen LogP) is 2.88. The van der Waals surface area contributed by atoms with Crippen LogP contribution in [0.2, 0.25) is 10.0 Å². The maximum Gasteiger partial charge on any atom is 0.296 e. The minimum Gasteiger partial charge on any atom is -0.422 e. The van der Waals surface area contributed by atoms with Gasteiger partial charge in [-0.1, -0.05) is 28.4 Å². The quantitative estimate of drug-likeness (QED) is 0.805. The van der Waals surface area contributed by atoms with Gasteiger partial charge in [0.25, 0.3) is 6.01 Å². The summed E-state index contributed by atoms with van der Waals surface area (Å²) in [7, 11) is 1.80. The molecule has 98 valence electrons. The van der Waals surface area contributed by atoms with Crippen molar-refractivity contribution in [3.63, 3.8) is 0 Å². The number of nitrogens with one attached hydrogen (secondary N) is 1. The van der Waals surface area contributed by atoms with Crippen LogP contribution >= 0.6 is 23.2 Å². The van der Waals surface area contributed by atoms with Gasteiger partial charge in [0.05, 0.1) is 11.6 Å². The molecule has 19 heavy (non-hydrogen) atoms. The van der Waals surface area contributed by atoms with E-state index in [0.717, 1.165) is 5.69 Å². The van der Waals surface area contributed by atoms with Crippen molar-refractivity contribution >= 4 is 40.3 Å². The Morgan fingerprint density at radius 2 is 2.21 bits per heavy atom. The third-order valence-corrected chi connectivity index (χ3v) is 2.98. The van der Waals surface area contributed by atoms with Gasteiger partial charge < -0.3 is 9.73 Å². The van der Waals surface area contributed by atoms with E-state index in [1.165, 1.54) is 0 Å². The molecule has 0 aliphatic heterocycles. The minimum absolute atomic E-state index is 0.366. The summed E-state index contributed by atoms with van der Waals surface area (Å²) in [4.78, 5) is 4.25. The molecule has 2 aromatic heterocycles. The molecule has 2 heterocycles. The number of anilines is 1. The van der Waals surface area contributed by atoms with Gasteiger partial charge in [-0.3, -0.25) is 4.68 Å². The fraction of sp³-hybridized carbons (Fsp3) is 0.182. The lowest BCUT2D eigenvalue weighted by Crippen LogP contribution is -1.99. The smallest absolute Gasteiger partial charge is 0.296 e. The van der Waals surface area contributed by atoms with Crippen molar-refractivity contribution in [2.24, 2.45) is 7.05 Å². The van der Waals surface area contributed by atoms with Crippen molar-refractivity contribution in [1.29, 1.82) is 0 Å². The van der Waals surface area contributed by atoms with Crippen LogP contribution in [0.1, 0.15) is 5.69 Å². The number of hydrogen-bond acceptors (Lipinski definition) is 5. The van der Waals surface area contributed by atoms with Gasteiger partial charge in [0, 0.05) is 18.3 Å². The van der Waals surface area contributed by atoms with E-state index in [4.69, 9.17) is 27.6 Å². The van der Waals surface area contributed by atoms with E-state index in [1.807, 2.05) is 0 Å². The molecular weight excluding hydrogens is 289 g/mol. The number of rotatable bonds is 3. The monoisotopic (exact) mass is 297 g/mol. The second-order valence-corrected chi connectivity index (χ2v) is 4.84. The number of aromatic nitrogens is 4. The molecule has 6 nitrogen and oxygen atoms in total. The van der Waals surface area contributed by atoms with Gasteiger partial charge in [-0.05, 0) is 12.1 Å². The topological polar surface area (TPSA) is 68.8 Å². The minimum atomic E-state index is 0.366. The van der Waals surface area contributed by atoms with E-state index in [0.29, 0.717) is 33.7 Å². The Morgan fingerprint density at radius 3 is 2.95 bits per heavy atom. The lowest BCUT2D eigenvalue weighted by atomic mass is 10.3. The number of benzene rings is 1. The Hall–Kier alpha value is -1.79. The van der Waals surface area contributed by atoms with Gasteiger partial charge in [-0.25, -0.2) is 0 Å². The summed E-state index contributed by atoms with van der Waals surface area (Å²) in [6.07, 6.45) is 1.81. The maximum absolute atomic E-state index is 6.02. The van der Waals surface area contributed by atoms with Crippen LogP contribution in [-0.2, 0) is 13.6 Å². The highest BCUT2D eigenvalue weighted by atomic mass is 35.5. The summed E-state index contributed by atoms with van der Waals surface area (Å²) in [5.41, 5.74) is 1.90. The van der Waals surface area contributed by atoms with E-state index in [1.54, 1.807) is 30.1 Å². The van der Waals surface area contributed by atoms with E-state index >= 15 is 0 Å². The van der Waals surface area contributed by atoms with Crippen molar-refractivity contribution in [2.75, 3.05) is 5.32 Å². The molecule has 1 N–H and O–H groups in total. The highest BCUT2D eigenvalue weighted by Crippen LogP contribution is 2.29. The largest absolute Gasteiger partial charge is 0.422 e. The first-order chi connectivity index (χ1) is 9.11. The fourth-order valence-corrected chi connectivity index (χ4v) is 2.20. The summed E-state index contributed by atoms with van der Waals surface area (Å²) in [6, 6.07) is 3.67. The van der Waals surface area contributed by atoms with Crippen molar-refractivity contribution in [3.8, 4) is 0 Å². The Labute approximate surface area is 118 Å². The molecule has 0 aliphatic rings. The Morgan fingerprint density at radius 1 is 1.37 bits per heavy atom. The number of oxazole rings is 1. The fourth-order valence-electron chi connectivity index (χ4n) is 1.68. The standard InChI is InChI=1S/C11H9Cl2N5O/c1-18-5-7(16-17-18)4-14-11-15-9-3-6(12)2-8(13)10(9)19-11/h2-3,5H,4H2,1H3,(H,14,15). The first kappa shape index (κ1) is 12.3. The van der Waals surface area contributed by atoms with Crippen LogP contribution in [0.4, 0.5) is 6.01 Å². The van der Waals surface area contributed by atoms with Crippen LogP contribution in [0, 0.1) is 0 Å². The molecule has 0 atom stereocenters. The number of nitrogens with zero attached hydrogens (tertiary/aromatic N) is 4. The maximum atomic E-state index is 6.02. The Bertz CT molecular complexity index is 736. The summed E-state index contributed by atoms with van der Waals surface area (Å²) in [5.74, 6) is 0. The summed E-state index contributed by atoms with van der Waals surface area (Å²) in [6.45, 7) is 0.464. The molecule has 0 saturated carbocycles. The molecule has 8 heteroatoms. The van der Waals surface area contributed by atoms with Crippen LogP contribution in [0.15, 0.2) is 22.7 Å². The zero-order valence-corrected chi connectivity index (χ0v) is 11.4. The molecule has 0 fully saturated rings. The third-order valence-electron chi connectivity index (χ3n) is 2.48. The van der Waals surface area contributed by atoms with E-state index in [-0.39, 0.29) is 0 Å². The molecule has 0 amide bonds. The first-order valence-electron chi connectivity index (χ1n) is 5.46. The van der Waals surface area contributed by atoms with Crippen LogP contribution in [0.3, 0.4) is 0 Å². The molecule has 0 spiro atoms. The average Bonchev–Trinajstić information content (AvgIpc) is 2.92. The summed E-state index contributed by atoms with van der Waals surface area (Å²) in [5, 5.41) is 11.8. The van der Waals surface area contributed by atoms with Crippen LogP contribution in [0.25, 0.3) is 11.1 Å². The molecule has 3 rings (SSSR count). The zero-order valence-electron chi connectivity index (χ0n) is 9.89. The average molecular weight is 298 g/mol. The second-order valence-electron chi connectivity index (χ2n) is 3.99. The first-order valence-corrected chi connectivity index (χ1v) is 6.22. The van der Waals surface area contributed by atoms with E-state index < -0.39 is 0 Å². The highest BCUT2D eigenvalue weighted by Gasteiger charge is 2.10. The zero-order chi connectivity index (χ0) is 13.4. The van der Waals surface area contributed by atoms with Crippen molar-refractivity contribution in [1.82, 2.24) is 20.0 Å². The molecule has 0 aliphatic carbocycles. The second kappa shape index (κ2) is 4.71. The van der Waals surface area contributed by atoms with Crippen molar-refractivity contribution in [2.45, 2.75) is 6.54 Å². The van der Waals surface area contributed by atoms with Crippen LogP contribution in [-0.4, -0.2) is 20.0 Å². The SMILES string of the molecule is Cn1cc(CNc2nc3cc(Cl)cc(Cl)c3o2)nn1. The predicted molar refractivity (Wildman–Crippen MR) is 72.4 cm³/mol. The lowest BCUT2D eigenvalue weighted by Gasteiger charge is -1.96. The van der Waals surface area contributed by atoms with Gasteiger partial charge in [0.15, 0.2) is 5.58 Å². The molecule has 0 radical (unpaired) electrons. The number of aryl methyl sites for hydroxylation is 1. The normalized spacial score (nSPS) is 11.1. The van der Waals surface area contributed by atoms with Crippen molar-refractivity contribution < 1.29 is 4.42 Å². The van der Waals surface area contributed by atoms with Crippen molar-refractivity contribution in [3.05, 3.63) is 34.1 Å². The molecule has 0 unspecified atom stereocenters. The third kappa shape index (κ3) is 2.50.